The lowest BCUT2D eigenvalue weighted by atomic mass is 9.89. The van der Waals surface area contributed by atoms with Crippen molar-refractivity contribution in [2.24, 2.45) is 11.8 Å². The monoisotopic (exact) mass is 234 g/mol. The molecule has 0 amide bonds. The molecule has 1 fully saturated rings. The molecule has 0 radical (unpaired) electrons. The Morgan fingerprint density at radius 2 is 2.12 bits per heavy atom. The Morgan fingerprint density at radius 1 is 1.35 bits per heavy atom. The molecule has 4 heteroatoms. The molecule has 1 aliphatic rings. The van der Waals surface area contributed by atoms with E-state index in [9.17, 15) is 0 Å². The molecule has 17 heavy (non-hydrogen) atoms. The van der Waals surface area contributed by atoms with Crippen LogP contribution >= 0.6 is 0 Å². The summed E-state index contributed by atoms with van der Waals surface area (Å²) in [7, 11) is 0. The topological polar surface area (TPSA) is 55.0 Å². The Balaban J connectivity index is 2.01. The maximum Gasteiger partial charge on any atom is 0.144 e. The summed E-state index contributed by atoms with van der Waals surface area (Å²) < 4.78 is 0. The number of aryl methyl sites for hydroxylation is 1. The van der Waals surface area contributed by atoms with Gasteiger partial charge in [0, 0.05) is 18.3 Å². The number of hydrogen-bond donors (Lipinski definition) is 1. The number of rotatable bonds is 2. The zero-order valence-electron chi connectivity index (χ0n) is 11.0. The maximum atomic E-state index is 5.74. The molecule has 0 aliphatic carbocycles. The van der Waals surface area contributed by atoms with E-state index >= 15 is 0 Å². The van der Waals surface area contributed by atoms with E-state index in [1.165, 1.54) is 6.42 Å². The van der Waals surface area contributed by atoms with Crippen LogP contribution < -0.4 is 5.73 Å². The highest BCUT2D eigenvalue weighted by Crippen LogP contribution is 2.23. The second kappa shape index (κ2) is 5.00. The second-order valence-electron chi connectivity index (χ2n) is 5.33. The average molecular weight is 234 g/mol. The molecule has 2 rings (SSSR count). The first-order valence-electron chi connectivity index (χ1n) is 6.37. The van der Waals surface area contributed by atoms with Crippen molar-refractivity contribution < 1.29 is 0 Å². The molecule has 2 atom stereocenters. The van der Waals surface area contributed by atoms with Gasteiger partial charge in [-0.25, -0.2) is 9.97 Å². The number of likely N-dealkylation sites (tertiary alicyclic amines) is 1. The molecule has 0 bridgehead atoms. The molecule has 2 heterocycles. The molecule has 1 aliphatic heterocycles. The SMILES string of the molecule is Cc1cc(N)nc(CN2CCC(C)C(C)C2)n1. The van der Waals surface area contributed by atoms with E-state index in [0.717, 1.165) is 43.0 Å². The smallest absolute Gasteiger partial charge is 0.144 e. The summed E-state index contributed by atoms with van der Waals surface area (Å²) in [6.07, 6.45) is 1.27. The number of nitrogens with two attached hydrogens (primary N) is 1. The predicted octanol–water partition coefficient (Wildman–Crippen LogP) is 1.85. The molecule has 0 aromatic carbocycles. The van der Waals surface area contributed by atoms with Crippen LogP contribution in [0.15, 0.2) is 6.07 Å². The van der Waals surface area contributed by atoms with Crippen molar-refractivity contribution in [3.05, 3.63) is 17.6 Å². The predicted molar refractivity (Wildman–Crippen MR) is 69.4 cm³/mol. The standard InChI is InChI=1S/C13H22N4/c1-9-4-5-17(7-10(9)2)8-13-15-11(3)6-12(14)16-13/h6,9-10H,4-5,7-8H2,1-3H3,(H2,14,15,16). The zero-order valence-corrected chi connectivity index (χ0v) is 11.0. The highest BCUT2D eigenvalue weighted by atomic mass is 15.2. The Hall–Kier alpha value is -1.16. The molecule has 0 saturated carbocycles. The fraction of sp³-hybridized carbons (Fsp3) is 0.692. The second-order valence-corrected chi connectivity index (χ2v) is 5.33. The highest BCUT2D eigenvalue weighted by Gasteiger charge is 2.23. The van der Waals surface area contributed by atoms with Gasteiger partial charge in [0.2, 0.25) is 0 Å². The lowest BCUT2D eigenvalue weighted by molar-refractivity contribution is 0.129. The summed E-state index contributed by atoms with van der Waals surface area (Å²) in [6.45, 7) is 9.72. The lowest BCUT2D eigenvalue weighted by Crippen LogP contribution is -2.38. The van der Waals surface area contributed by atoms with Gasteiger partial charge in [-0.3, -0.25) is 4.90 Å². The maximum absolute atomic E-state index is 5.74. The summed E-state index contributed by atoms with van der Waals surface area (Å²) in [6, 6.07) is 1.81. The van der Waals surface area contributed by atoms with Gasteiger partial charge in [-0.15, -0.1) is 0 Å². The Labute approximate surface area is 103 Å². The van der Waals surface area contributed by atoms with Gasteiger partial charge >= 0.3 is 0 Å². The van der Waals surface area contributed by atoms with Gasteiger partial charge in [-0.05, 0) is 31.7 Å². The molecule has 4 nitrogen and oxygen atoms in total. The minimum absolute atomic E-state index is 0.575. The van der Waals surface area contributed by atoms with Crippen LogP contribution in [0.2, 0.25) is 0 Å². The van der Waals surface area contributed by atoms with E-state index in [1.54, 1.807) is 0 Å². The highest BCUT2D eigenvalue weighted by molar-refractivity contribution is 5.29. The zero-order chi connectivity index (χ0) is 12.4. The van der Waals surface area contributed by atoms with Crippen LogP contribution in [-0.4, -0.2) is 28.0 Å². The van der Waals surface area contributed by atoms with Gasteiger partial charge in [-0.2, -0.15) is 0 Å². The van der Waals surface area contributed by atoms with Gasteiger partial charge in [0.1, 0.15) is 11.6 Å². The van der Waals surface area contributed by atoms with Gasteiger partial charge in [0.25, 0.3) is 0 Å². The van der Waals surface area contributed by atoms with Crippen molar-refractivity contribution in [3.63, 3.8) is 0 Å². The van der Waals surface area contributed by atoms with E-state index in [2.05, 4.69) is 28.7 Å². The van der Waals surface area contributed by atoms with E-state index in [-0.39, 0.29) is 0 Å². The minimum Gasteiger partial charge on any atom is -0.384 e. The first-order chi connectivity index (χ1) is 8.04. The van der Waals surface area contributed by atoms with Crippen LogP contribution in [0.1, 0.15) is 31.8 Å². The van der Waals surface area contributed by atoms with Crippen LogP contribution in [0.5, 0.6) is 0 Å². The summed E-state index contributed by atoms with van der Waals surface area (Å²) >= 11 is 0. The quantitative estimate of drug-likeness (QED) is 0.848. The van der Waals surface area contributed by atoms with Crippen LogP contribution in [0.3, 0.4) is 0 Å². The van der Waals surface area contributed by atoms with E-state index < -0.39 is 0 Å². The van der Waals surface area contributed by atoms with Crippen molar-refractivity contribution in [1.29, 1.82) is 0 Å². The van der Waals surface area contributed by atoms with Gasteiger partial charge in [-0.1, -0.05) is 13.8 Å². The third kappa shape index (κ3) is 3.16. The number of aromatic nitrogens is 2. The Bertz CT molecular complexity index is 371. The van der Waals surface area contributed by atoms with Crippen molar-refractivity contribution in [2.45, 2.75) is 33.7 Å². The van der Waals surface area contributed by atoms with Crippen molar-refractivity contribution in [2.75, 3.05) is 18.8 Å². The molecule has 2 N–H and O–H groups in total. The van der Waals surface area contributed by atoms with Crippen LogP contribution in [0.25, 0.3) is 0 Å². The third-order valence-electron chi connectivity index (χ3n) is 3.70. The first-order valence-corrected chi connectivity index (χ1v) is 6.37. The number of anilines is 1. The van der Waals surface area contributed by atoms with E-state index in [1.807, 2.05) is 13.0 Å². The van der Waals surface area contributed by atoms with Crippen LogP contribution in [0, 0.1) is 18.8 Å². The van der Waals surface area contributed by atoms with Crippen LogP contribution in [-0.2, 0) is 6.54 Å². The molecule has 1 saturated heterocycles. The third-order valence-corrected chi connectivity index (χ3v) is 3.70. The molecule has 1 aromatic rings. The number of piperidine rings is 1. The average Bonchev–Trinajstić information content (AvgIpc) is 2.22. The van der Waals surface area contributed by atoms with Crippen LogP contribution in [0.4, 0.5) is 5.82 Å². The normalized spacial score (nSPS) is 26.1. The first kappa shape index (κ1) is 12.3. The fourth-order valence-corrected chi connectivity index (χ4v) is 2.42. The largest absolute Gasteiger partial charge is 0.384 e. The molecule has 94 valence electrons. The van der Waals surface area contributed by atoms with Crippen molar-refractivity contribution >= 4 is 5.82 Å². The Kier molecular flexibility index (Phi) is 3.62. The van der Waals surface area contributed by atoms with Gasteiger partial charge in [0.05, 0.1) is 6.54 Å². The van der Waals surface area contributed by atoms with Crippen molar-refractivity contribution in [3.8, 4) is 0 Å². The molecule has 1 aromatic heterocycles. The number of nitrogen functional groups attached to an aromatic ring is 1. The summed E-state index contributed by atoms with van der Waals surface area (Å²) in [4.78, 5) is 11.2. The van der Waals surface area contributed by atoms with E-state index in [0.29, 0.717) is 5.82 Å². The molecule has 2 unspecified atom stereocenters. The molecular weight excluding hydrogens is 212 g/mol. The number of nitrogens with zero attached hydrogens (tertiary/aromatic N) is 3. The lowest BCUT2D eigenvalue weighted by Gasteiger charge is -2.34. The van der Waals surface area contributed by atoms with Gasteiger partial charge < -0.3 is 5.73 Å². The molecular formula is C13H22N4. The van der Waals surface area contributed by atoms with E-state index in [4.69, 9.17) is 5.73 Å². The fourth-order valence-electron chi connectivity index (χ4n) is 2.42. The summed E-state index contributed by atoms with van der Waals surface area (Å²) in [5, 5.41) is 0. The molecule has 0 spiro atoms. The summed E-state index contributed by atoms with van der Waals surface area (Å²) in [5.74, 6) is 3.01. The van der Waals surface area contributed by atoms with Crippen molar-refractivity contribution in [1.82, 2.24) is 14.9 Å². The Morgan fingerprint density at radius 3 is 2.76 bits per heavy atom. The number of hydrogen-bond acceptors (Lipinski definition) is 4. The summed E-state index contributed by atoms with van der Waals surface area (Å²) in [5.41, 5.74) is 6.69. The van der Waals surface area contributed by atoms with Gasteiger partial charge in [0.15, 0.2) is 0 Å². The minimum atomic E-state index is 0.575.